The number of aromatic nitrogens is 1. The van der Waals surface area contributed by atoms with Gasteiger partial charge in [0.05, 0.1) is 0 Å². The van der Waals surface area contributed by atoms with Gasteiger partial charge < -0.3 is 4.57 Å². The first-order valence-electron chi connectivity index (χ1n) is 8.00. The number of aryl methyl sites for hydroxylation is 1. The van der Waals surface area contributed by atoms with Crippen LogP contribution in [0.5, 0.6) is 0 Å². The van der Waals surface area contributed by atoms with Crippen molar-refractivity contribution >= 4 is 10.8 Å². The van der Waals surface area contributed by atoms with Gasteiger partial charge in [0.1, 0.15) is 0 Å². The molecule has 0 amide bonds. The Morgan fingerprint density at radius 1 is 0.870 bits per heavy atom. The first kappa shape index (κ1) is 15.5. The molecule has 0 bridgehead atoms. The molecule has 0 saturated heterocycles. The van der Waals surface area contributed by atoms with Gasteiger partial charge in [0.2, 0.25) is 0 Å². The van der Waals surface area contributed by atoms with Crippen molar-refractivity contribution in [1.82, 2.24) is 4.57 Å². The molecule has 2 heteroatoms. The number of hydrogen-bond donors (Lipinski definition) is 0. The van der Waals surface area contributed by atoms with Crippen LogP contribution in [0.4, 0.5) is 0 Å². The maximum Gasteiger partial charge on any atom is 0.258 e. The largest absolute Gasteiger partial charge is 0.314 e. The Labute approximate surface area is 137 Å². The quantitative estimate of drug-likeness (QED) is 0.632. The van der Waals surface area contributed by atoms with Crippen LogP contribution in [0.3, 0.4) is 0 Å². The fourth-order valence-corrected chi connectivity index (χ4v) is 3.47. The van der Waals surface area contributed by atoms with Gasteiger partial charge in [-0.1, -0.05) is 63.2 Å². The van der Waals surface area contributed by atoms with Crippen molar-refractivity contribution in [2.24, 2.45) is 7.05 Å². The fourth-order valence-electron chi connectivity index (χ4n) is 3.47. The van der Waals surface area contributed by atoms with Crippen molar-refractivity contribution < 1.29 is 0 Å². The molecule has 0 radical (unpaired) electrons. The van der Waals surface area contributed by atoms with E-state index in [9.17, 15) is 4.79 Å². The van der Waals surface area contributed by atoms with Gasteiger partial charge in [0.25, 0.3) is 5.56 Å². The minimum Gasteiger partial charge on any atom is -0.314 e. The third-order valence-electron chi connectivity index (χ3n) is 4.43. The molecule has 23 heavy (non-hydrogen) atoms. The number of nitrogens with zero attached hydrogens (tertiary/aromatic N) is 1. The molecule has 0 aliphatic rings. The summed E-state index contributed by atoms with van der Waals surface area (Å²) >= 11 is 0. The molecule has 0 aliphatic heterocycles. The molecule has 118 valence electrons. The van der Waals surface area contributed by atoms with Gasteiger partial charge >= 0.3 is 0 Å². The van der Waals surface area contributed by atoms with E-state index < -0.39 is 0 Å². The molecule has 3 rings (SSSR count). The van der Waals surface area contributed by atoms with E-state index in [1.807, 2.05) is 29.8 Å². The fraction of sp³-hybridized carbons (Fsp3) is 0.286. The van der Waals surface area contributed by atoms with Crippen LogP contribution in [-0.4, -0.2) is 4.57 Å². The molecule has 2 nitrogen and oxygen atoms in total. The molecule has 0 fully saturated rings. The number of hydrogen-bond acceptors (Lipinski definition) is 1. The summed E-state index contributed by atoms with van der Waals surface area (Å²) in [7, 11) is 1.89. The van der Waals surface area contributed by atoms with E-state index in [1.165, 1.54) is 16.7 Å². The van der Waals surface area contributed by atoms with Crippen LogP contribution < -0.4 is 5.56 Å². The summed E-state index contributed by atoms with van der Waals surface area (Å²) < 4.78 is 1.82. The molecule has 0 atom stereocenters. The van der Waals surface area contributed by atoms with Gasteiger partial charge in [0, 0.05) is 29.1 Å². The zero-order valence-electron chi connectivity index (χ0n) is 14.5. The monoisotopic (exact) mass is 305 g/mol. The second-order valence-electron chi connectivity index (χ2n) is 7.20. The van der Waals surface area contributed by atoms with Gasteiger partial charge in [-0.05, 0) is 29.5 Å². The number of fused-ring (bicyclic) bond motifs is 1. The molecule has 1 aromatic heterocycles. The molecule has 0 aliphatic carbocycles. The number of rotatable bonds is 1. The van der Waals surface area contributed by atoms with Crippen molar-refractivity contribution in [2.45, 2.75) is 33.1 Å². The lowest BCUT2D eigenvalue weighted by Gasteiger charge is -2.28. The third-order valence-corrected chi connectivity index (χ3v) is 4.43. The third kappa shape index (κ3) is 2.48. The molecule has 0 spiro atoms. The van der Waals surface area contributed by atoms with Gasteiger partial charge in [-0.2, -0.15) is 0 Å². The Kier molecular flexibility index (Phi) is 3.63. The van der Waals surface area contributed by atoms with Gasteiger partial charge in [-0.15, -0.1) is 0 Å². The average molecular weight is 305 g/mol. The van der Waals surface area contributed by atoms with Crippen molar-refractivity contribution in [3.8, 4) is 11.1 Å². The number of benzene rings is 2. The van der Waals surface area contributed by atoms with Crippen LogP contribution >= 0.6 is 0 Å². The summed E-state index contributed by atoms with van der Waals surface area (Å²) in [6.07, 6.45) is 0. The molecule has 1 heterocycles. The molecule has 0 unspecified atom stereocenters. The van der Waals surface area contributed by atoms with E-state index in [4.69, 9.17) is 0 Å². The normalized spacial score (nSPS) is 11.9. The van der Waals surface area contributed by atoms with Crippen LogP contribution in [-0.2, 0) is 12.5 Å². The van der Waals surface area contributed by atoms with Crippen molar-refractivity contribution in [3.05, 3.63) is 70.1 Å². The summed E-state index contributed by atoms with van der Waals surface area (Å²) in [5, 5.41) is 1.82. The Morgan fingerprint density at radius 3 is 2.04 bits per heavy atom. The minimum atomic E-state index is -0.129. The van der Waals surface area contributed by atoms with Crippen LogP contribution in [0.2, 0.25) is 0 Å². The van der Waals surface area contributed by atoms with Crippen molar-refractivity contribution in [3.63, 3.8) is 0 Å². The Bertz CT molecular complexity index is 942. The van der Waals surface area contributed by atoms with E-state index in [2.05, 4.69) is 58.0 Å². The van der Waals surface area contributed by atoms with Crippen LogP contribution in [0, 0.1) is 6.92 Å². The van der Waals surface area contributed by atoms with E-state index in [0.717, 1.165) is 16.5 Å². The molecular formula is C21H23NO. The van der Waals surface area contributed by atoms with Crippen molar-refractivity contribution in [1.29, 1.82) is 0 Å². The van der Waals surface area contributed by atoms with Crippen LogP contribution in [0.15, 0.2) is 53.3 Å². The lowest BCUT2D eigenvalue weighted by atomic mass is 9.82. The highest BCUT2D eigenvalue weighted by Gasteiger charge is 2.25. The summed E-state index contributed by atoms with van der Waals surface area (Å²) in [6, 6.07) is 16.3. The first-order chi connectivity index (χ1) is 10.8. The lowest BCUT2D eigenvalue weighted by Crippen LogP contribution is -2.29. The molecule has 2 aromatic carbocycles. The standard InChI is InChI=1S/C21H23NO/c1-14-10-6-7-11-15(14)18-16-12-8-9-13-17(16)20(23)22(5)19(18)21(2,3)4/h6-13H,1-5H3. The molecule has 0 saturated carbocycles. The Hall–Kier alpha value is -2.35. The zero-order valence-corrected chi connectivity index (χ0v) is 14.5. The summed E-state index contributed by atoms with van der Waals surface area (Å²) in [5.74, 6) is 0. The van der Waals surface area contributed by atoms with E-state index in [0.29, 0.717) is 0 Å². The van der Waals surface area contributed by atoms with E-state index in [-0.39, 0.29) is 11.0 Å². The molecule has 0 N–H and O–H groups in total. The Balaban J connectivity index is 2.61. The maximum atomic E-state index is 12.8. The highest BCUT2D eigenvalue weighted by atomic mass is 16.1. The van der Waals surface area contributed by atoms with Crippen LogP contribution in [0.25, 0.3) is 21.9 Å². The van der Waals surface area contributed by atoms with Gasteiger partial charge in [-0.3, -0.25) is 4.79 Å². The van der Waals surface area contributed by atoms with E-state index >= 15 is 0 Å². The lowest BCUT2D eigenvalue weighted by molar-refractivity contribution is 0.535. The maximum absolute atomic E-state index is 12.8. The molecule has 3 aromatic rings. The number of pyridine rings is 1. The predicted molar refractivity (Wildman–Crippen MR) is 98.1 cm³/mol. The molecular weight excluding hydrogens is 282 g/mol. The summed E-state index contributed by atoms with van der Waals surface area (Å²) in [6.45, 7) is 8.62. The van der Waals surface area contributed by atoms with Gasteiger partial charge in [0.15, 0.2) is 0 Å². The van der Waals surface area contributed by atoms with Crippen molar-refractivity contribution in [2.75, 3.05) is 0 Å². The minimum absolute atomic E-state index is 0.0721. The Morgan fingerprint density at radius 2 is 1.43 bits per heavy atom. The highest BCUT2D eigenvalue weighted by molar-refractivity contribution is 5.98. The average Bonchev–Trinajstić information content (AvgIpc) is 2.50. The predicted octanol–water partition coefficient (Wildman–Crippen LogP) is 4.81. The summed E-state index contributed by atoms with van der Waals surface area (Å²) in [5.41, 5.74) is 4.62. The summed E-state index contributed by atoms with van der Waals surface area (Å²) in [4.78, 5) is 12.8. The highest BCUT2D eigenvalue weighted by Crippen LogP contribution is 2.37. The second-order valence-corrected chi connectivity index (χ2v) is 7.20. The smallest absolute Gasteiger partial charge is 0.258 e. The SMILES string of the molecule is Cc1ccccc1-c1c(C(C)(C)C)n(C)c(=O)c2ccccc12. The van der Waals surface area contributed by atoms with Gasteiger partial charge in [-0.25, -0.2) is 0 Å². The second kappa shape index (κ2) is 5.38. The van der Waals surface area contributed by atoms with Crippen LogP contribution in [0.1, 0.15) is 32.0 Å². The first-order valence-corrected chi connectivity index (χ1v) is 8.00. The van der Waals surface area contributed by atoms with E-state index in [1.54, 1.807) is 0 Å². The zero-order chi connectivity index (χ0) is 16.8. The topological polar surface area (TPSA) is 22.0 Å².